The van der Waals surface area contributed by atoms with Crippen molar-refractivity contribution in [3.05, 3.63) is 117 Å². The van der Waals surface area contributed by atoms with Gasteiger partial charge in [-0.25, -0.2) is 13.8 Å². The number of ether oxygens (including phenoxy) is 1. The Bertz CT molecular complexity index is 1700. The summed E-state index contributed by atoms with van der Waals surface area (Å²) >= 11 is 11.6. The number of halogens is 7. The van der Waals surface area contributed by atoms with E-state index in [9.17, 15) is 31.5 Å². The summed E-state index contributed by atoms with van der Waals surface area (Å²) in [5.74, 6) is -0.922. The molecule has 1 heterocycles. The molecule has 0 unspecified atom stereocenters. The first-order valence-electron chi connectivity index (χ1n) is 12.4. The predicted molar refractivity (Wildman–Crippen MR) is 157 cm³/mol. The zero-order chi connectivity index (χ0) is 32.7. The molecular weight excluding hydrogens is 628 g/mol. The Labute approximate surface area is 259 Å². The maximum atomic E-state index is 13.7. The van der Waals surface area contributed by atoms with Crippen molar-refractivity contribution in [1.29, 1.82) is 0 Å². The third kappa shape index (κ3) is 9.69. The second kappa shape index (κ2) is 14.2. The molecule has 0 saturated carbocycles. The van der Waals surface area contributed by atoms with E-state index in [1.54, 1.807) is 19.9 Å². The lowest BCUT2D eigenvalue weighted by atomic mass is 10.1. The average molecular weight is 650 g/mol. The summed E-state index contributed by atoms with van der Waals surface area (Å²) in [5, 5.41) is 5.75. The van der Waals surface area contributed by atoms with E-state index in [-0.39, 0.29) is 28.8 Å². The second-order valence-corrected chi connectivity index (χ2v) is 10.3. The van der Waals surface area contributed by atoms with Crippen LogP contribution in [0.5, 0.6) is 11.6 Å². The van der Waals surface area contributed by atoms with Gasteiger partial charge in [0.1, 0.15) is 22.9 Å². The van der Waals surface area contributed by atoms with Gasteiger partial charge in [0, 0.05) is 27.9 Å². The van der Waals surface area contributed by atoms with Gasteiger partial charge in [0.2, 0.25) is 5.88 Å². The maximum absolute atomic E-state index is 13.7. The Balaban J connectivity index is 0.000000281. The summed E-state index contributed by atoms with van der Waals surface area (Å²) in [4.78, 5) is 28.1. The van der Waals surface area contributed by atoms with Crippen LogP contribution in [-0.4, -0.2) is 22.3 Å². The number of aromatic nitrogens is 1. The molecule has 0 spiro atoms. The first-order chi connectivity index (χ1) is 20.6. The molecule has 2 amide bonds. The Morgan fingerprint density at radius 1 is 0.909 bits per heavy atom. The van der Waals surface area contributed by atoms with Crippen LogP contribution in [0.25, 0.3) is 0 Å². The highest BCUT2D eigenvalue weighted by Crippen LogP contribution is 2.33. The van der Waals surface area contributed by atoms with E-state index in [2.05, 4.69) is 21.5 Å². The van der Waals surface area contributed by atoms with Gasteiger partial charge in [0.15, 0.2) is 0 Å². The van der Waals surface area contributed by atoms with E-state index in [1.807, 2.05) is 0 Å². The van der Waals surface area contributed by atoms with Crippen LogP contribution >= 0.6 is 23.2 Å². The van der Waals surface area contributed by atoms with E-state index in [0.29, 0.717) is 21.7 Å². The van der Waals surface area contributed by atoms with Crippen LogP contribution in [0.3, 0.4) is 0 Å². The van der Waals surface area contributed by atoms with Gasteiger partial charge in [-0.3, -0.25) is 9.59 Å². The van der Waals surface area contributed by atoms with Crippen molar-refractivity contribution in [2.45, 2.75) is 25.6 Å². The number of hydrogen-bond donors (Lipinski definition) is 2. The molecule has 4 aromatic rings. The van der Waals surface area contributed by atoms with Gasteiger partial charge < -0.3 is 15.4 Å². The number of benzene rings is 3. The van der Waals surface area contributed by atoms with Crippen molar-refractivity contribution in [3.8, 4) is 24.0 Å². The van der Waals surface area contributed by atoms with Gasteiger partial charge in [-0.15, -0.1) is 6.42 Å². The minimum absolute atomic E-state index is 0.149. The van der Waals surface area contributed by atoms with E-state index in [1.165, 1.54) is 36.5 Å². The molecule has 0 atom stereocenters. The zero-order valence-corrected chi connectivity index (χ0v) is 24.4. The lowest BCUT2D eigenvalue weighted by molar-refractivity contribution is -0.137. The van der Waals surface area contributed by atoms with Gasteiger partial charge in [0.05, 0.1) is 16.8 Å². The first-order valence-corrected chi connectivity index (χ1v) is 13.2. The highest BCUT2D eigenvalue weighted by molar-refractivity contribution is 6.35. The molecule has 0 aliphatic carbocycles. The van der Waals surface area contributed by atoms with Gasteiger partial charge >= 0.3 is 6.18 Å². The zero-order valence-electron chi connectivity index (χ0n) is 22.9. The van der Waals surface area contributed by atoms with Crippen molar-refractivity contribution >= 4 is 40.7 Å². The van der Waals surface area contributed by atoms with Gasteiger partial charge in [-0.2, -0.15) is 13.2 Å². The van der Waals surface area contributed by atoms with Crippen LogP contribution in [0.15, 0.2) is 79.0 Å². The number of carbonyl (C=O) groups is 2. The fourth-order valence-corrected chi connectivity index (χ4v) is 3.88. The molecule has 44 heavy (non-hydrogen) atoms. The molecule has 0 saturated heterocycles. The fraction of sp³-hybridized carbons (Fsp3) is 0.129. The quantitative estimate of drug-likeness (QED) is 0.162. The third-order valence-electron chi connectivity index (χ3n) is 5.48. The van der Waals surface area contributed by atoms with Crippen LogP contribution in [0.2, 0.25) is 10.0 Å². The van der Waals surface area contributed by atoms with Crippen molar-refractivity contribution in [2.75, 3.05) is 5.32 Å². The van der Waals surface area contributed by atoms with Crippen LogP contribution in [0.1, 0.15) is 40.1 Å². The predicted octanol–water partition coefficient (Wildman–Crippen LogP) is 8.56. The van der Waals surface area contributed by atoms with Crippen LogP contribution < -0.4 is 15.4 Å². The molecule has 2 N–H and O–H groups in total. The van der Waals surface area contributed by atoms with Crippen molar-refractivity contribution in [2.24, 2.45) is 0 Å². The number of alkyl halides is 3. The first kappa shape index (κ1) is 33.8. The lowest BCUT2D eigenvalue weighted by Gasteiger charge is -2.19. The summed E-state index contributed by atoms with van der Waals surface area (Å²) < 4.78 is 70.5. The fourth-order valence-electron chi connectivity index (χ4n) is 3.35. The number of terminal acetylenes is 1. The monoisotopic (exact) mass is 649 g/mol. The van der Waals surface area contributed by atoms with Gasteiger partial charge in [0.25, 0.3) is 11.8 Å². The number of nitrogens with one attached hydrogen (secondary N) is 2. The van der Waals surface area contributed by atoms with Crippen molar-refractivity contribution in [1.82, 2.24) is 10.3 Å². The van der Waals surface area contributed by atoms with Crippen LogP contribution in [-0.2, 0) is 6.18 Å². The standard InChI is InChI=1S/C19H11F5N2O2.C12H11Cl2NO/c20-12-6-7-16(15(21)10-12)26-17(27)14-5-2-8-25-18(14)28-13-4-1-3-11(9-13)19(22,23)24;1-4-12(2,3)15-11(16)8-5-9(13)7-10(14)6-8/h1-10H,(H,26,27);1,5-7H,2-3H3,(H,15,16). The van der Waals surface area contributed by atoms with E-state index >= 15 is 0 Å². The molecule has 4 rings (SSSR count). The second-order valence-electron chi connectivity index (χ2n) is 9.44. The summed E-state index contributed by atoms with van der Waals surface area (Å²) in [6.45, 7) is 3.47. The Morgan fingerprint density at radius 3 is 2.20 bits per heavy atom. The highest BCUT2D eigenvalue weighted by Gasteiger charge is 2.31. The van der Waals surface area contributed by atoms with Gasteiger partial charge in [-0.1, -0.05) is 35.2 Å². The third-order valence-corrected chi connectivity index (χ3v) is 5.92. The molecular formula is C31H22Cl2F5N3O3. The molecule has 1 aromatic heterocycles. The van der Waals surface area contributed by atoms with Crippen molar-refractivity contribution < 1.29 is 36.3 Å². The summed E-state index contributed by atoms with van der Waals surface area (Å²) in [7, 11) is 0. The number of nitrogens with zero attached hydrogens (tertiary/aromatic N) is 1. The van der Waals surface area contributed by atoms with Gasteiger partial charge in [-0.05, 0) is 74.5 Å². The minimum Gasteiger partial charge on any atom is -0.438 e. The number of carbonyl (C=O) groups excluding carboxylic acids is 2. The highest BCUT2D eigenvalue weighted by atomic mass is 35.5. The summed E-state index contributed by atoms with van der Waals surface area (Å²) in [6, 6.07) is 14.0. The maximum Gasteiger partial charge on any atom is 0.416 e. The summed E-state index contributed by atoms with van der Waals surface area (Å²) in [6.07, 6.45) is 1.99. The Hall–Kier alpha value is -4.66. The molecule has 0 bridgehead atoms. The molecule has 13 heteroatoms. The molecule has 0 radical (unpaired) electrons. The summed E-state index contributed by atoms with van der Waals surface area (Å²) in [5.41, 5.74) is -1.67. The van der Waals surface area contributed by atoms with E-state index in [4.69, 9.17) is 34.4 Å². The molecule has 6 nitrogen and oxygen atoms in total. The number of anilines is 1. The Morgan fingerprint density at radius 2 is 1.59 bits per heavy atom. The van der Waals surface area contributed by atoms with Crippen LogP contribution in [0, 0.1) is 24.0 Å². The van der Waals surface area contributed by atoms with E-state index < -0.39 is 34.8 Å². The smallest absolute Gasteiger partial charge is 0.416 e. The minimum atomic E-state index is -4.57. The number of hydrogen-bond acceptors (Lipinski definition) is 4. The molecule has 0 aliphatic heterocycles. The van der Waals surface area contributed by atoms with Crippen LogP contribution in [0.4, 0.5) is 27.6 Å². The largest absolute Gasteiger partial charge is 0.438 e. The molecule has 3 aromatic carbocycles. The molecule has 0 aliphatic rings. The normalized spacial score (nSPS) is 11.0. The Kier molecular flexibility index (Phi) is 10.9. The molecule has 0 fully saturated rings. The average Bonchev–Trinajstić information content (AvgIpc) is 2.94. The number of pyridine rings is 1. The lowest BCUT2D eigenvalue weighted by Crippen LogP contribution is -2.42. The molecule has 228 valence electrons. The topological polar surface area (TPSA) is 80.3 Å². The van der Waals surface area contributed by atoms with E-state index in [0.717, 1.165) is 30.3 Å². The number of amides is 2. The van der Waals surface area contributed by atoms with Crippen molar-refractivity contribution in [3.63, 3.8) is 0 Å². The number of rotatable bonds is 6. The SMILES string of the molecule is C#CC(C)(C)NC(=O)c1cc(Cl)cc(Cl)c1.O=C(Nc1ccc(F)cc1F)c1cccnc1Oc1cccc(C(F)(F)F)c1.